The van der Waals surface area contributed by atoms with Crippen molar-refractivity contribution in [3.05, 3.63) is 22.8 Å². The van der Waals surface area contributed by atoms with Crippen LogP contribution in [0.5, 0.6) is 0 Å². The van der Waals surface area contributed by atoms with Gasteiger partial charge in [0, 0.05) is 10.7 Å². The Balaban J connectivity index is 3.43. The van der Waals surface area contributed by atoms with Gasteiger partial charge in [-0.3, -0.25) is 0 Å². The molecule has 0 unspecified atom stereocenters. The number of rotatable bonds is 1. The summed E-state index contributed by atoms with van der Waals surface area (Å²) in [6.45, 7) is 0. The van der Waals surface area contributed by atoms with Crippen LogP contribution in [0.2, 0.25) is 5.15 Å². The van der Waals surface area contributed by atoms with Crippen LogP contribution in [0.3, 0.4) is 0 Å². The molecule has 0 fully saturated rings. The molecule has 0 radical (unpaired) electrons. The fourth-order valence-corrected chi connectivity index (χ4v) is 1.73. The van der Waals surface area contributed by atoms with Gasteiger partial charge in [0.25, 0.3) is 9.05 Å². The highest BCUT2D eigenvalue weighted by Gasteiger charge is 2.32. The molecule has 84 valence electrons. The minimum Gasteiger partial charge on any atom is -0.223 e. The minimum atomic E-state index is -4.71. The summed E-state index contributed by atoms with van der Waals surface area (Å²) >= 11 is 5.23. The van der Waals surface area contributed by atoms with Gasteiger partial charge in [-0.1, -0.05) is 11.6 Å². The molecular formula is C6H2Cl2F3NO2S. The van der Waals surface area contributed by atoms with Gasteiger partial charge in [0.2, 0.25) is 0 Å². The Labute approximate surface area is 92.2 Å². The van der Waals surface area contributed by atoms with Gasteiger partial charge in [-0.25, -0.2) is 13.4 Å². The lowest BCUT2D eigenvalue weighted by molar-refractivity contribution is -0.137. The molecule has 1 rings (SSSR count). The van der Waals surface area contributed by atoms with Crippen molar-refractivity contribution in [3.63, 3.8) is 0 Å². The minimum absolute atomic E-state index is 0.314. The van der Waals surface area contributed by atoms with Crippen molar-refractivity contribution in [1.82, 2.24) is 4.98 Å². The Hall–Kier alpha value is -0.530. The number of nitrogens with zero attached hydrogens (tertiary/aromatic N) is 1. The molecule has 0 aliphatic carbocycles. The van der Waals surface area contributed by atoms with Crippen molar-refractivity contribution in [1.29, 1.82) is 0 Å². The third-order valence-corrected chi connectivity index (χ3v) is 2.72. The standard InChI is InChI=1S/C6H2Cl2F3NO2S/c7-4-1-3(6(9,10)11)2-5(12-4)15(8,13)14/h1-2H. The fourth-order valence-electron chi connectivity index (χ4n) is 0.761. The van der Waals surface area contributed by atoms with E-state index in [9.17, 15) is 21.6 Å². The van der Waals surface area contributed by atoms with Crippen LogP contribution < -0.4 is 0 Å². The quantitative estimate of drug-likeness (QED) is 0.587. The predicted molar refractivity (Wildman–Crippen MR) is 47.3 cm³/mol. The number of aromatic nitrogens is 1. The summed E-state index contributed by atoms with van der Waals surface area (Å²) in [5.41, 5.74) is -1.22. The van der Waals surface area contributed by atoms with E-state index in [0.717, 1.165) is 0 Å². The maximum Gasteiger partial charge on any atom is 0.416 e. The largest absolute Gasteiger partial charge is 0.416 e. The Kier molecular flexibility index (Phi) is 3.18. The van der Waals surface area contributed by atoms with Crippen molar-refractivity contribution in [2.24, 2.45) is 0 Å². The third kappa shape index (κ3) is 3.22. The molecule has 15 heavy (non-hydrogen) atoms. The lowest BCUT2D eigenvalue weighted by Gasteiger charge is -2.07. The highest BCUT2D eigenvalue weighted by Crippen LogP contribution is 2.32. The SMILES string of the molecule is O=S(=O)(Cl)c1cc(C(F)(F)F)cc(Cl)n1. The van der Waals surface area contributed by atoms with E-state index in [1.54, 1.807) is 0 Å². The van der Waals surface area contributed by atoms with Crippen molar-refractivity contribution < 1.29 is 21.6 Å². The Morgan fingerprint density at radius 2 is 1.80 bits per heavy atom. The number of pyridine rings is 1. The first-order valence-corrected chi connectivity index (χ1v) is 5.99. The van der Waals surface area contributed by atoms with Gasteiger partial charge in [0.15, 0.2) is 5.03 Å². The van der Waals surface area contributed by atoms with Crippen molar-refractivity contribution in [3.8, 4) is 0 Å². The molecule has 0 saturated carbocycles. The van der Waals surface area contributed by atoms with E-state index in [1.807, 2.05) is 0 Å². The van der Waals surface area contributed by atoms with Gasteiger partial charge in [0.05, 0.1) is 5.56 Å². The fraction of sp³-hybridized carbons (Fsp3) is 0.167. The van der Waals surface area contributed by atoms with Crippen LogP contribution in [0.1, 0.15) is 5.56 Å². The molecule has 0 bridgehead atoms. The van der Waals surface area contributed by atoms with Crippen LogP contribution >= 0.6 is 22.3 Å². The van der Waals surface area contributed by atoms with Gasteiger partial charge in [-0.05, 0) is 12.1 Å². The molecule has 0 amide bonds. The third-order valence-electron chi connectivity index (χ3n) is 1.35. The summed E-state index contributed by atoms with van der Waals surface area (Å²) in [7, 11) is 0.505. The summed E-state index contributed by atoms with van der Waals surface area (Å²) in [5.74, 6) is 0. The lowest BCUT2D eigenvalue weighted by atomic mass is 10.3. The molecule has 1 aromatic heterocycles. The Bertz CT molecular complexity index is 486. The number of hydrogen-bond acceptors (Lipinski definition) is 3. The second-order valence-corrected chi connectivity index (χ2v) is 5.35. The molecule has 0 aliphatic heterocycles. The molecule has 0 aliphatic rings. The molecule has 9 heteroatoms. The van der Waals surface area contributed by atoms with Crippen LogP contribution in [-0.2, 0) is 15.2 Å². The zero-order valence-corrected chi connectivity index (χ0v) is 9.04. The number of hydrogen-bond donors (Lipinski definition) is 0. The molecule has 0 N–H and O–H groups in total. The second kappa shape index (κ2) is 3.80. The molecule has 0 aromatic carbocycles. The van der Waals surface area contributed by atoms with Gasteiger partial charge < -0.3 is 0 Å². The summed E-state index contributed by atoms with van der Waals surface area (Å²) in [6, 6.07) is 0.821. The zero-order chi connectivity index (χ0) is 11.9. The maximum atomic E-state index is 12.2. The molecular weight excluding hydrogens is 278 g/mol. The van der Waals surface area contributed by atoms with Crippen LogP contribution in [0.25, 0.3) is 0 Å². The van der Waals surface area contributed by atoms with Crippen molar-refractivity contribution >= 4 is 31.3 Å². The molecule has 1 aromatic rings. The molecule has 0 spiro atoms. The Morgan fingerprint density at radius 3 is 2.20 bits per heavy atom. The number of alkyl halides is 3. The predicted octanol–water partition coefficient (Wildman–Crippen LogP) is 2.68. The highest BCUT2D eigenvalue weighted by molar-refractivity contribution is 8.13. The summed E-state index contributed by atoms with van der Waals surface area (Å²) in [5, 5.41) is -1.52. The maximum absolute atomic E-state index is 12.2. The average Bonchev–Trinajstić information content (AvgIpc) is 1.99. The van der Waals surface area contributed by atoms with Crippen LogP contribution in [0.15, 0.2) is 17.2 Å². The first-order valence-electron chi connectivity index (χ1n) is 3.30. The molecule has 1 heterocycles. The average molecular weight is 280 g/mol. The Morgan fingerprint density at radius 1 is 1.27 bits per heavy atom. The topological polar surface area (TPSA) is 47.0 Å². The zero-order valence-electron chi connectivity index (χ0n) is 6.72. The van der Waals surface area contributed by atoms with Gasteiger partial charge in [-0.15, -0.1) is 0 Å². The van der Waals surface area contributed by atoms with E-state index in [0.29, 0.717) is 12.1 Å². The summed E-state index contributed by atoms with van der Waals surface area (Å²) < 4.78 is 58.1. The highest BCUT2D eigenvalue weighted by atomic mass is 35.7. The molecule has 3 nitrogen and oxygen atoms in total. The van der Waals surface area contributed by atoms with Gasteiger partial charge in [-0.2, -0.15) is 13.2 Å². The smallest absolute Gasteiger partial charge is 0.223 e. The number of halogens is 5. The van der Waals surface area contributed by atoms with Gasteiger partial charge >= 0.3 is 6.18 Å². The van der Waals surface area contributed by atoms with Crippen molar-refractivity contribution in [2.75, 3.05) is 0 Å². The van der Waals surface area contributed by atoms with E-state index in [4.69, 9.17) is 22.3 Å². The normalized spacial score (nSPS) is 12.9. The molecule has 0 saturated heterocycles. The summed E-state index contributed by atoms with van der Waals surface area (Å²) in [6.07, 6.45) is -4.71. The van der Waals surface area contributed by atoms with E-state index >= 15 is 0 Å². The summed E-state index contributed by atoms with van der Waals surface area (Å²) in [4.78, 5) is 3.16. The van der Waals surface area contributed by atoms with Gasteiger partial charge in [0.1, 0.15) is 5.15 Å². The van der Waals surface area contributed by atoms with E-state index in [2.05, 4.69) is 4.98 Å². The van der Waals surface area contributed by atoms with Crippen LogP contribution in [0.4, 0.5) is 13.2 Å². The first kappa shape index (κ1) is 12.5. The van der Waals surface area contributed by atoms with Crippen LogP contribution in [-0.4, -0.2) is 13.4 Å². The van der Waals surface area contributed by atoms with Crippen molar-refractivity contribution in [2.45, 2.75) is 11.2 Å². The van der Waals surface area contributed by atoms with Crippen LogP contribution in [0, 0.1) is 0 Å². The van der Waals surface area contributed by atoms with E-state index in [1.165, 1.54) is 0 Å². The molecule has 0 atom stereocenters. The van der Waals surface area contributed by atoms with E-state index in [-0.39, 0.29) is 0 Å². The first-order chi connectivity index (χ1) is 6.60. The monoisotopic (exact) mass is 279 g/mol. The lowest BCUT2D eigenvalue weighted by Crippen LogP contribution is -2.07. The van der Waals surface area contributed by atoms with E-state index < -0.39 is 31.0 Å². The second-order valence-electron chi connectivity index (χ2n) is 2.45.